The highest BCUT2D eigenvalue weighted by atomic mass is 16.2. The molecule has 5 nitrogen and oxygen atoms in total. The van der Waals surface area contributed by atoms with Crippen molar-refractivity contribution in [3.8, 4) is 0 Å². The van der Waals surface area contributed by atoms with Crippen molar-refractivity contribution in [2.45, 2.75) is 64.0 Å². The SMILES string of the molecule is CCNC(=O)NC(=O)[C@@H]([NH2+]C1CCCCCCC1)c1ccccc1. The number of carbonyl (C=O) groups is 2. The van der Waals surface area contributed by atoms with Gasteiger partial charge in [0.25, 0.3) is 5.91 Å². The number of hydrogen-bond donors (Lipinski definition) is 3. The van der Waals surface area contributed by atoms with E-state index < -0.39 is 6.03 Å². The van der Waals surface area contributed by atoms with Gasteiger partial charge in [-0.15, -0.1) is 0 Å². The molecule has 1 aromatic rings. The first-order valence-electron chi connectivity index (χ1n) is 9.19. The Morgan fingerprint density at radius 1 is 1.08 bits per heavy atom. The van der Waals surface area contributed by atoms with Gasteiger partial charge in [0.1, 0.15) is 0 Å². The van der Waals surface area contributed by atoms with E-state index >= 15 is 0 Å². The Balaban J connectivity index is 2.07. The van der Waals surface area contributed by atoms with E-state index in [-0.39, 0.29) is 11.9 Å². The molecule has 132 valence electrons. The zero-order valence-electron chi connectivity index (χ0n) is 14.6. The monoisotopic (exact) mass is 332 g/mol. The Morgan fingerprint density at radius 3 is 2.33 bits per heavy atom. The zero-order chi connectivity index (χ0) is 17.2. The van der Waals surface area contributed by atoms with Crippen molar-refractivity contribution >= 4 is 11.9 Å². The van der Waals surface area contributed by atoms with Gasteiger partial charge in [0.15, 0.2) is 6.04 Å². The van der Waals surface area contributed by atoms with Crippen molar-refractivity contribution in [1.29, 1.82) is 0 Å². The molecule has 0 heterocycles. The van der Waals surface area contributed by atoms with Crippen LogP contribution in [0.15, 0.2) is 30.3 Å². The summed E-state index contributed by atoms with van der Waals surface area (Å²) in [6.07, 6.45) is 8.61. The average molecular weight is 332 g/mol. The summed E-state index contributed by atoms with van der Waals surface area (Å²) in [6, 6.07) is 9.38. The topological polar surface area (TPSA) is 74.8 Å². The molecular formula is C19H30N3O2+. The third-order valence-electron chi connectivity index (χ3n) is 4.63. The molecule has 0 unspecified atom stereocenters. The molecule has 0 aromatic heterocycles. The summed E-state index contributed by atoms with van der Waals surface area (Å²) in [5, 5.41) is 7.26. The van der Waals surface area contributed by atoms with Crippen LogP contribution in [0.4, 0.5) is 4.79 Å². The van der Waals surface area contributed by atoms with Gasteiger partial charge in [0.2, 0.25) is 0 Å². The Morgan fingerprint density at radius 2 is 1.71 bits per heavy atom. The number of hydrogen-bond acceptors (Lipinski definition) is 2. The zero-order valence-corrected chi connectivity index (χ0v) is 14.6. The Labute approximate surface area is 144 Å². The van der Waals surface area contributed by atoms with E-state index in [0.717, 1.165) is 18.4 Å². The second-order valence-electron chi connectivity index (χ2n) is 6.53. The number of quaternary nitrogens is 1. The number of amides is 3. The first-order valence-corrected chi connectivity index (χ1v) is 9.19. The van der Waals surface area contributed by atoms with Crippen molar-refractivity contribution in [3.63, 3.8) is 0 Å². The Kier molecular flexibility index (Phi) is 7.75. The highest BCUT2D eigenvalue weighted by molar-refractivity contribution is 5.96. The van der Waals surface area contributed by atoms with Crippen LogP contribution in [0.3, 0.4) is 0 Å². The molecule has 0 radical (unpaired) electrons. The normalized spacial score (nSPS) is 17.4. The third-order valence-corrected chi connectivity index (χ3v) is 4.63. The Bertz CT molecular complexity index is 511. The van der Waals surface area contributed by atoms with Gasteiger partial charge in [-0.2, -0.15) is 0 Å². The Hall–Kier alpha value is -1.88. The highest BCUT2D eigenvalue weighted by Crippen LogP contribution is 2.17. The summed E-state index contributed by atoms with van der Waals surface area (Å²) in [5.74, 6) is -0.241. The van der Waals surface area contributed by atoms with Gasteiger partial charge >= 0.3 is 6.03 Å². The number of nitrogens with one attached hydrogen (secondary N) is 2. The predicted octanol–water partition coefficient (Wildman–Crippen LogP) is 2.25. The van der Waals surface area contributed by atoms with E-state index in [4.69, 9.17) is 0 Å². The van der Waals surface area contributed by atoms with E-state index in [2.05, 4.69) is 16.0 Å². The molecule has 5 heteroatoms. The number of urea groups is 1. The quantitative estimate of drug-likeness (QED) is 0.773. The van der Waals surface area contributed by atoms with Crippen molar-refractivity contribution in [2.24, 2.45) is 0 Å². The minimum atomic E-state index is -0.422. The van der Waals surface area contributed by atoms with Crippen molar-refractivity contribution in [1.82, 2.24) is 10.6 Å². The molecule has 0 aliphatic heterocycles. The molecule has 1 aromatic carbocycles. The second-order valence-corrected chi connectivity index (χ2v) is 6.53. The molecule has 0 spiro atoms. The van der Waals surface area contributed by atoms with E-state index in [1.165, 1.54) is 32.1 Å². The number of benzene rings is 1. The summed E-state index contributed by atoms with van der Waals surface area (Å²) in [6.45, 7) is 2.33. The van der Waals surface area contributed by atoms with Gasteiger partial charge in [-0.1, -0.05) is 49.6 Å². The second kappa shape index (κ2) is 10.1. The number of carbonyl (C=O) groups excluding carboxylic acids is 2. The highest BCUT2D eigenvalue weighted by Gasteiger charge is 2.29. The minimum absolute atomic E-state index is 0.241. The molecule has 1 atom stereocenters. The molecule has 4 N–H and O–H groups in total. The maximum Gasteiger partial charge on any atom is 0.321 e. The van der Waals surface area contributed by atoms with Crippen LogP contribution in [-0.4, -0.2) is 24.5 Å². The summed E-state index contributed by atoms with van der Waals surface area (Å²) in [4.78, 5) is 24.4. The smallest absolute Gasteiger partial charge is 0.321 e. The van der Waals surface area contributed by atoms with Gasteiger partial charge < -0.3 is 10.6 Å². The summed E-state index contributed by atoms with van der Waals surface area (Å²) < 4.78 is 0. The van der Waals surface area contributed by atoms with E-state index in [0.29, 0.717) is 12.6 Å². The van der Waals surface area contributed by atoms with Crippen LogP contribution >= 0.6 is 0 Å². The summed E-state index contributed by atoms with van der Waals surface area (Å²) in [7, 11) is 0. The fourth-order valence-electron chi connectivity index (χ4n) is 3.36. The third kappa shape index (κ3) is 5.96. The molecule has 1 saturated carbocycles. The average Bonchev–Trinajstić information content (AvgIpc) is 2.54. The molecular weight excluding hydrogens is 302 g/mol. The molecule has 1 fully saturated rings. The molecule has 1 aliphatic rings. The minimum Gasteiger partial charge on any atom is -0.338 e. The standard InChI is InChI=1S/C19H29N3O2/c1-2-20-19(24)22-18(23)17(15-11-7-6-8-12-15)21-16-13-9-4-3-5-10-14-16/h6-8,11-12,16-17,21H,2-5,9-10,13-14H2,1H3,(H2,20,22,23,24)/p+1/t17-/m0/s1. The lowest BCUT2D eigenvalue weighted by atomic mass is 9.95. The summed E-state index contributed by atoms with van der Waals surface area (Å²) >= 11 is 0. The van der Waals surface area contributed by atoms with Crippen molar-refractivity contribution in [2.75, 3.05) is 6.54 Å². The van der Waals surface area contributed by atoms with E-state index in [9.17, 15) is 9.59 Å². The van der Waals surface area contributed by atoms with Gasteiger partial charge in [0.05, 0.1) is 6.04 Å². The van der Waals surface area contributed by atoms with Crippen LogP contribution in [0.1, 0.15) is 63.5 Å². The van der Waals surface area contributed by atoms with Crippen LogP contribution in [0.25, 0.3) is 0 Å². The fraction of sp³-hybridized carbons (Fsp3) is 0.579. The number of imide groups is 1. The number of rotatable bonds is 5. The molecule has 1 aliphatic carbocycles. The summed E-state index contributed by atoms with van der Waals surface area (Å²) in [5.41, 5.74) is 0.946. The van der Waals surface area contributed by atoms with E-state index in [1.807, 2.05) is 37.3 Å². The van der Waals surface area contributed by atoms with Gasteiger partial charge in [0, 0.05) is 12.1 Å². The predicted molar refractivity (Wildman–Crippen MR) is 94.4 cm³/mol. The lowest BCUT2D eigenvalue weighted by molar-refractivity contribution is -0.717. The molecule has 2 rings (SSSR count). The molecule has 24 heavy (non-hydrogen) atoms. The van der Waals surface area contributed by atoms with Crippen LogP contribution in [0, 0.1) is 0 Å². The van der Waals surface area contributed by atoms with Crippen LogP contribution in [-0.2, 0) is 4.79 Å². The molecule has 3 amide bonds. The van der Waals surface area contributed by atoms with Crippen molar-refractivity contribution < 1.29 is 14.9 Å². The maximum absolute atomic E-state index is 12.7. The first kappa shape index (κ1) is 18.5. The van der Waals surface area contributed by atoms with E-state index in [1.54, 1.807) is 0 Å². The van der Waals surface area contributed by atoms with Gasteiger partial charge in [-0.05, 0) is 32.6 Å². The lowest BCUT2D eigenvalue weighted by Crippen LogP contribution is -2.92. The lowest BCUT2D eigenvalue weighted by Gasteiger charge is -2.23. The molecule has 0 saturated heterocycles. The van der Waals surface area contributed by atoms with Crippen LogP contribution in [0.5, 0.6) is 0 Å². The maximum atomic E-state index is 12.7. The van der Waals surface area contributed by atoms with Crippen molar-refractivity contribution in [3.05, 3.63) is 35.9 Å². The fourth-order valence-corrected chi connectivity index (χ4v) is 3.36. The largest absolute Gasteiger partial charge is 0.338 e. The van der Waals surface area contributed by atoms with Crippen LogP contribution < -0.4 is 16.0 Å². The van der Waals surface area contributed by atoms with Gasteiger partial charge in [-0.3, -0.25) is 10.1 Å². The van der Waals surface area contributed by atoms with Gasteiger partial charge in [-0.25, -0.2) is 4.79 Å². The van der Waals surface area contributed by atoms with Crippen LogP contribution in [0.2, 0.25) is 0 Å². The molecule has 0 bridgehead atoms. The number of nitrogens with two attached hydrogens (primary N) is 1. The first-order chi connectivity index (χ1) is 11.7.